The Labute approximate surface area is 135 Å². The van der Waals surface area contributed by atoms with Crippen molar-refractivity contribution in [1.29, 1.82) is 0 Å². The van der Waals surface area contributed by atoms with Gasteiger partial charge in [0.2, 0.25) is 0 Å². The van der Waals surface area contributed by atoms with Gasteiger partial charge in [-0.15, -0.1) is 11.3 Å². The molecule has 1 aromatic carbocycles. The minimum Gasteiger partial charge on any atom is -0.306 e. The van der Waals surface area contributed by atoms with Gasteiger partial charge in [0.15, 0.2) is 0 Å². The number of hydrogen-bond donors (Lipinski definition) is 3. The Kier molecular flexibility index (Phi) is 4.08. The summed E-state index contributed by atoms with van der Waals surface area (Å²) in [6.07, 6.45) is 0. The number of halogens is 2. The van der Waals surface area contributed by atoms with Crippen molar-refractivity contribution >= 4 is 45.6 Å². The third kappa shape index (κ3) is 2.87. The van der Waals surface area contributed by atoms with Crippen LogP contribution in [0.3, 0.4) is 0 Å². The summed E-state index contributed by atoms with van der Waals surface area (Å²) in [5.74, 6) is 0. The van der Waals surface area contributed by atoms with E-state index in [-0.39, 0.29) is 11.7 Å². The van der Waals surface area contributed by atoms with Gasteiger partial charge in [0.1, 0.15) is 0 Å². The molecular formula is C14H13Cl2N3OS. The second kappa shape index (κ2) is 5.85. The van der Waals surface area contributed by atoms with Gasteiger partial charge >= 0.3 is 5.69 Å². The number of imidazole rings is 1. The number of aromatic amines is 2. The summed E-state index contributed by atoms with van der Waals surface area (Å²) in [6.45, 7) is 2.82. The molecule has 0 amide bonds. The van der Waals surface area contributed by atoms with Crippen LogP contribution in [0, 0.1) is 0 Å². The zero-order chi connectivity index (χ0) is 15.0. The van der Waals surface area contributed by atoms with E-state index < -0.39 is 0 Å². The fraction of sp³-hybridized carbons (Fsp3) is 0.214. The normalized spacial score (nSPS) is 12.9. The number of aromatic nitrogens is 2. The van der Waals surface area contributed by atoms with Gasteiger partial charge in [0.25, 0.3) is 0 Å². The molecule has 0 bridgehead atoms. The Balaban J connectivity index is 2.10. The summed E-state index contributed by atoms with van der Waals surface area (Å²) in [6, 6.07) is 7.62. The lowest BCUT2D eigenvalue weighted by Crippen LogP contribution is -2.21. The van der Waals surface area contributed by atoms with Crippen LogP contribution in [0.1, 0.15) is 24.1 Å². The second-order valence-corrected chi connectivity index (χ2v) is 6.94. The lowest BCUT2D eigenvalue weighted by Gasteiger charge is -2.18. The Hall–Kier alpha value is -1.27. The highest BCUT2D eigenvalue weighted by molar-refractivity contribution is 7.20. The van der Waals surface area contributed by atoms with E-state index in [1.807, 2.05) is 31.2 Å². The van der Waals surface area contributed by atoms with Crippen molar-refractivity contribution in [2.45, 2.75) is 13.0 Å². The van der Waals surface area contributed by atoms with Crippen LogP contribution in [0.4, 0.5) is 0 Å². The Morgan fingerprint density at radius 2 is 2.00 bits per heavy atom. The van der Waals surface area contributed by atoms with Crippen LogP contribution in [-0.2, 0) is 0 Å². The lowest BCUT2D eigenvalue weighted by atomic mass is 10.0. The van der Waals surface area contributed by atoms with E-state index in [4.69, 9.17) is 23.2 Å². The molecule has 21 heavy (non-hydrogen) atoms. The average Bonchev–Trinajstić information content (AvgIpc) is 2.96. The third-order valence-electron chi connectivity index (χ3n) is 3.28. The molecule has 3 aromatic rings. The molecule has 4 nitrogen and oxygen atoms in total. The summed E-state index contributed by atoms with van der Waals surface area (Å²) in [4.78, 5) is 16.9. The van der Waals surface area contributed by atoms with Crippen LogP contribution in [0.25, 0.3) is 11.0 Å². The van der Waals surface area contributed by atoms with E-state index in [1.165, 1.54) is 11.3 Å². The van der Waals surface area contributed by atoms with Crippen LogP contribution in [0.2, 0.25) is 8.67 Å². The van der Waals surface area contributed by atoms with Gasteiger partial charge in [-0.05, 0) is 30.3 Å². The molecule has 3 N–H and O–H groups in total. The van der Waals surface area contributed by atoms with Gasteiger partial charge in [-0.25, -0.2) is 4.79 Å². The van der Waals surface area contributed by atoms with Crippen LogP contribution in [0.5, 0.6) is 0 Å². The molecule has 0 radical (unpaired) electrons. The second-order valence-electron chi connectivity index (χ2n) is 4.65. The van der Waals surface area contributed by atoms with Gasteiger partial charge in [-0.2, -0.15) is 0 Å². The van der Waals surface area contributed by atoms with Gasteiger partial charge < -0.3 is 15.3 Å². The quantitative estimate of drug-likeness (QED) is 0.673. The first-order valence-corrected chi connectivity index (χ1v) is 8.05. The van der Waals surface area contributed by atoms with Crippen molar-refractivity contribution in [3.8, 4) is 0 Å². The van der Waals surface area contributed by atoms with Crippen LogP contribution in [0.15, 0.2) is 29.1 Å². The van der Waals surface area contributed by atoms with E-state index in [9.17, 15) is 4.79 Å². The minimum absolute atomic E-state index is 0.0611. The first-order chi connectivity index (χ1) is 10.1. The molecule has 0 aliphatic heterocycles. The largest absolute Gasteiger partial charge is 0.323 e. The Bertz CT molecular complexity index is 836. The molecule has 7 heteroatoms. The molecule has 0 saturated heterocycles. The standard InChI is InChI=1S/C14H13Cl2N3OS/c1-2-17-12(8-6-11(15)21-13(8)16)7-3-4-9-10(5-7)19-14(20)18-9/h3-6,12,17H,2H2,1H3,(H2,18,19,20). The molecule has 0 spiro atoms. The first kappa shape index (κ1) is 14.7. The van der Waals surface area contributed by atoms with Crippen molar-refractivity contribution in [1.82, 2.24) is 15.3 Å². The maximum Gasteiger partial charge on any atom is 0.323 e. The summed E-state index contributed by atoms with van der Waals surface area (Å²) in [5.41, 5.74) is 3.33. The molecule has 0 fully saturated rings. The zero-order valence-corrected chi connectivity index (χ0v) is 13.5. The highest BCUT2D eigenvalue weighted by Crippen LogP contribution is 2.37. The Morgan fingerprint density at radius 3 is 2.67 bits per heavy atom. The maximum atomic E-state index is 11.4. The molecule has 3 rings (SSSR count). The lowest BCUT2D eigenvalue weighted by molar-refractivity contribution is 0.633. The molecule has 0 aliphatic carbocycles. The smallest absolute Gasteiger partial charge is 0.306 e. The van der Waals surface area contributed by atoms with E-state index in [1.54, 1.807) is 0 Å². The fourth-order valence-corrected chi connectivity index (χ4v) is 3.92. The summed E-state index contributed by atoms with van der Waals surface area (Å²) < 4.78 is 1.34. The minimum atomic E-state index is -0.209. The molecule has 2 heterocycles. The number of benzene rings is 1. The van der Waals surface area contributed by atoms with Crippen molar-refractivity contribution in [2.24, 2.45) is 0 Å². The van der Waals surface area contributed by atoms with Gasteiger partial charge in [0.05, 0.1) is 25.7 Å². The number of nitrogens with one attached hydrogen (secondary N) is 3. The van der Waals surface area contributed by atoms with E-state index in [0.717, 1.165) is 28.7 Å². The van der Waals surface area contributed by atoms with E-state index in [0.29, 0.717) is 8.67 Å². The molecule has 110 valence electrons. The summed E-state index contributed by atoms with van der Waals surface area (Å²) in [7, 11) is 0. The molecular weight excluding hydrogens is 329 g/mol. The van der Waals surface area contributed by atoms with Crippen LogP contribution >= 0.6 is 34.5 Å². The molecule has 1 unspecified atom stereocenters. The van der Waals surface area contributed by atoms with Gasteiger partial charge in [0, 0.05) is 5.56 Å². The number of rotatable bonds is 4. The highest BCUT2D eigenvalue weighted by atomic mass is 35.5. The third-order valence-corrected chi connectivity index (χ3v) is 4.79. The SMILES string of the molecule is CCNC(c1ccc2[nH]c(=O)[nH]c2c1)c1cc(Cl)sc1Cl. The van der Waals surface area contributed by atoms with Crippen molar-refractivity contribution in [2.75, 3.05) is 6.54 Å². The van der Waals surface area contributed by atoms with Gasteiger partial charge in [-0.3, -0.25) is 0 Å². The molecule has 0 aliphatic rings. The topological polar surface area (TPSA) is 60.7 Å². The summed E-state index contributed by atoms with van der Waals surface area (Å²) in [5, 5.41) is 3.40. The molecule has 2 aromatic heterocycles. The fourth-order valence-electron chi connectivity index (χ4n) is 2.39. The number of thiophene rings is 1. The Morgan fingerprint density at radius 1 is 1.24 bits per heavy atom. The van der Waals surface area contributed by atoms with E-state index >= 15 is 0 Å². The van der Waals surface area contributed by atoms with E-state index in [2.05, 4.69) is 15.3 Å². The van der Waals surface area contributed by atoms with Crippen LogP contribution < -0.4 is 11.0 Å². The van der Waals surface area contributed by atoms with Crippen molar-refractivity contribution in [3.05, 3.63) is 54.5 Å². The predicted molar refractivity (Wildman–Crippen MR) is 88.8 cm³/mol. The number of hydrogen-bond acceptors (Lipinski definition) is 3. The van der Waals surface area contributed by atoms with Crippen LogP contribution in [-0.4, -0.2) is 16.5 Å². The first-order valence-electron chi connectivity index (χ1n) is 6.48. The monoisotopic (exact) mass is 341 g/mol. The number of H-pyrrole nitrogens is 2. The zero-order valence-electron chi connectivity index (χ0n) is 11.2. The summed E-state index contributed by atoms with van der Waals surface area (Å²) >= 11 is 13.7. The highest BCUT2D eigenvalue weighted by Gasteiger charge is 2.19. The van der Waals surface area contributed by atoms with Crippen molar-refractivity contribution in [3.63, 3.8) is 0 Å². The van der Waals surface area contributed by atoms with Gasteiger partial charge in [-0.1, -0.05) is 36.2 Å². The molecule has 0 saturated carbocycles. The van der Waals surface area contributed by atoms with Crippen molar-refractivity contribution < 1.29 is 0 Å². The number of fused-ring (bicyclic) bond motifs is 1. The predicted octanol–water partition coefficient (Wildman–Crippen LogP) is 3.92. The molecule has 1 atom stereocenters. The average molecular weight is 342 g/mol. The maximum absolute atomic E-state index is 11.4.